The zero-order valence-electron chi connectivity index (χ0n) is 11.8. The molecule has 1 saturated carbocycles. The molecule has 110 valence electrons. The predicted molar refractivity (Wildman–Crippen MR) is 78.8 cm³/mol. The molecule has 0 aromatic heterocycles. The molecule has 5 heteroatoms. The van der Waals surface area contributed by atoms with Gasteiger partial charge in [-0.05, 0) is 51.6 Å². The summed E-state index contributed by atoms with van der Waals surface area (Å²) in [6.45, 7) is 0. The fourth-order valence-electron chi connectivity index (χ4n) is 2.74. The van der Waals surface area contributed by atoms with E-state index in [-0.39, 0.29) is 11.7 Å². The minimum absolute atomic E-state index is 0.0259. The van der Waals surface area contributed by atoms with Gasteiger partial charge in [-0.25, -0.2) is 4.79 Å². The van der Waals surface area contributed by atoms with Crippen molar-refractivity contribution in [3.8, 4) is 5.75 Å². The van der Waals surface area contributed by atoms with Crippen LogP contribution in [-0.4, -0.2) is 42.2 Å². The van der Waals surface area contributed by atoms with Crippen LogP contribution in [-0.2, 0) is 0 Å². The van der Waals surface area contributed by atoms with E-state index in [1.54, 1.807) is 12.1 Å². The molecule has 2 atom stereocenters. The molecule has 2 unspecified atom stereocenters. The maximum absolute atomic E-state index is 11.3. The van der Waals surface area contributed by atoms with Gasteiger partial charge in [-0.2, -0.15) is 0 Å². The molecule has 2 rings (SSSR count). The number of hydrogen-bond donors (Lipinski definition) is 1. The quantitative estimate of drug-likeness (QED) is 0.926. The van der Waals surface area contributed by atoms with Crippen LogP contribution in [0.3, 0.4) is 0 Å². The van der Waals surface area contributed by atoms with E-state index in [0.29, 0.717) is 16.8 Å². The molecule has 0 spiro atoms. The van der Waals surface area contributed by atoms with Crippen molar-refractivity contribution in [2.45, 2.75) is 37.8 Å². The lowest BCUT2D eigenvalue weighted by Crippen LogP contribution is -2.44. The van der Waals surface area contributed by atoms with Crippen molar-refractivity contribution in [3.63, 3.8) is 0 Å². The number of benzene rings is 1. The minimum Gasteiger partial charge on any atom is -0.488 e. The van der Waals surface area contributed by atoms with Crippen molar-refractivity contribution >= 4 is 17.6 Å². The van der Waals surface area contributed by atoms with Gasteiger partial charge in [0.15, 0.2) is 0 Å². The van der Waals surface area contributed by atoms with Crippen LogP contribution in [0, 0.1) is 0 Å². The Morgan fingerprint density at radius 3 is 2.70 bits per heavy atom. The highest BCUT2D eigenvalue weighted by Crippen LogP contribution is 2.29. The Kier molecular flexibility index (Phi) is 4.89. The van der Waals surface area contributed by atoms with Crippen LogP contribution in [0.15, 0.2) is 18.2 Å². The van der Waals surface area contributed by atoms with Gasteiger partial charge in [-0.3, -0.25) is 0 Å². The molecule has 20 heavy (non-hydrogen) atoms. The van der Waals surface area contributed by atoms with Gasteiger partial charge in [0, 0.05) is 11.1 Å². The number of aromatic carboxylic acids is 1. The third-order valence-electron chi connectivity index (χ3n) is 3.78. The second-order valence-corrected chi connectivity index (χ2v) is 5.85. The lowest BCUT2D eigenvalue weighted by Gasteiger charge is -2.36. The molecule has 1 N–H and O–H groups in total. The second kappa shape index (κ2) is 6.46. The van der Waals surface area contributed by atoms with Crippen molar-refractivity contribution in [1.82, 2.24) is 4.90 Å². The van der Waals surface area contributed by atoms with Gasteiger partial charge in [0.05, 0.1) is 0 Å². The number of hydrogen-bond acceptors (Lipinski definition) is 3. The molecule has 1 aromatic carbocycles. The first kappa shape index (κ1) is 15.1. The summed E-state index contributed by atoms with van der Waals surface area (Å²) in [5.74, 6) is -0.611. The first-order valence-corrected chi connectivity index (χ1v) is 7.22. The van der Waals surface area contributed by atoms with Crippen LogP contribution >= 0.6 is 11.6 Å². The number of halogens is 1. The van der Waals surface area contributed by atoms with Crippen molar-refractivity contribution in [2.24, 2.45) is 0 Å². The number of carbonyl (C=O) groups is 1. The highest BCUT2D eigenvalue weighted by Gasteiger charge is 2.29. The van der Waals surface area contributed by atoms with Crippen molar-refractivity contribution in [3.05, 3.63) is 28.8 Å². The highest BCUT2D eigenvalue weighted by atomic mass is 35.5. The molecule has 1 aliphatic rings. The van der Waals surface area contributed by atoms with Gasteiger partial charge in [0.1, 0.15) is 17.4 Å². The van der Waals surface area contributed by atoms with Crippen LogP contribution in [0.1, 0.15) is 36.0 Å². The Labute approximate surface area is 124 Å². The molecule has 1 aromatic rings. The number of nitrogens with zero attached hydrogens (tertiary/aromatic N) is 1. The molecule has 0 radical (unpaired) electrons. The standard InChI is InChI=1S/C15H20ClNO3/c1-17(2)12-5-3-4-6-14(12)20-13-8-7-10(16)9-11(13)15(18)19/h7-9,12,14H,3-6H2,1-2H3,(H,18,19). The summed E-state index contributed by atoms with van der Waals surface area (Å²) >= 11 is 5.86. The number of rotatable bonds is 4. The van der Waals surface area contributed by atoms with E-state index in [0.717, 1.165) is 19.3 Å². The fraction of sp³-hybridized carbons (Fsp3) is 0.533. The zero-order chi connectivity index (χ0) is 14.7. The maximum atomic E-state index is 11.3. The lowest BCUT2D eigenvalue weighted by molar-refractivity contribution is 0.0573. The predicted octanol–water partition coefficient (Wildman–Crippen LogP) is 3.29. The normalized spacial score (nSPS) is 22.8. The van der Waals surface area contributed by atoms with Crippen LogP contribution in [0.25, 0.3) is 0 Å². The summed E-state index contributed by atoms with van der Waals surface area (Å²) in [5, 5.41) is 9.65. The van der Waals surface area contributed by atoms with Crippen molar-refractivity contribution < 1.29 is 14.6 Å². The van der Waals surface area contributed by atoms with E-state index in [9.17, 15) is 9.90 Å². The van der Waals surface area contributed by atoms with Crippen LogP contribution in [0.5, 0.6) is 5.75 Å². The minimum atomic E-state index is -1.01. The Balaban J connectivity index is 2.22. The van der Waals surface area contributed by atoms with E-state index in [4.69, 9.17) is 16.3 Å². The molecule has 1 fully saturated rings. The second-order valence-electron chi connectivity index (χ2n) is 5.42. The van der Waals surface area contributed by atoms with Crippen LogP contribution in [0.2, 0.25) is 5.02 Å². The summed E-state index contributed by atoms with van der Waals surface area (Å²) in [4.78, 5) is 13.4. The summed E-state index contributed by atoms with van der Waals surface area (Å²) in [6, 6.07) is 5.07. The fourth-order valence-corrected chi connectivity index (χ4v) is 2.91. The molecule has 0 saturated heterocycles. The topological polar surface area (TPSA) is 49.8 Å². The van der Waals surface area contributed by atoms with Gasteiger partial charge >= 0.3 is 5.97 Å². The van der Waals surface area contributed by atoms with Crippen LogP contribution in [0.4, 0.5) is 0 Å². The number of carboxylic acid groups (broad SMARTS) is 1. The molecular weight excluding hydrogens is 278 g/mol. The van der Waals surface area contributed by atoms with Gasteiger partial charge in [0.2, 0.25) is 0 Å². The smallest absolute Gasteiger partial charge is 0.339 e. The Morgan fingerprint density at radius 1 is 1.35 bits per heavy atom. The van der Waals surface area contributed by atoms with E-state index in [1.807, 2.05) is 14.1 Å². The molecule has 0 aliphatic heterocycles. The number of likely N-dealkylation sites (N-methyl/N-ethyl adjacent to an activating group) is 1. The van der Waals surface area contributed by atoms with Gasteiger partial charge in [0.25, 0.3) is 0 Å². The molecule has 4 nitrogen and oxygen atoms in total. The first-order valence-electron chi connectivity index (χ1n) is 6.85. The van der Waals surface area contributed by atoms with E-state index < -0.39 is 5.97 Å². The van der Waals surface area contributed by atoms with E-state index >= 15 is 0 Å². The van der Waals surface area contributed by atoms with Gasteiger partial charge < -0.3 is 14.7 Å². The summed E-state index contributed by atoms with van der Waals surface area (Å²) in [6.07, 6.45) is 4.36. The van der Waals surface area contributed by atoms with Crippen molar-refractivity contribution in [2.75, 3.05) is 14.1 Å². The summed E-state index contributed by atoms with van der Waals surface area (Å²) < 4.78 is 6.00. The van der Waals surface area contributed by atoms with Crippen LogP contribution < -0.4 is 4.74 Å². The summed E-state index contributed by atoms with van der Waals surface area (Å²) in [7, 11) is 4.07. The summed E-state index contributed by atoms with van der Waals surface area (Å²) in [5.41, 5.74) is 0.126. The lowest BCUT2D eigenvalue weighted by atomic mass is 9.91. The third-order valence-corrected chi connectivity index (χ3v) is 4.02. The Morgan fingerprint density at radius 2 is 2.05 bits per heavy atom. The number of ether oxygens (including phenoxy) is 1. The third kappa shape index (κ3) is 3.44. The van der Waals surface area contributed by atoms with E-state index in [1.165, 1.54) is 12.5 Å². The van der Waals surface area contributed by atoms with Crippen molar-refractivity contribution in [1.29, 1.82) is 0 Å². The average molecular weight is 298 g/mol. The Hall–Kier alpha value is -1.26. The molecule has 1 aliphatic carbocycles. The zero-order valence-corrected chi connectivity index (χ0v) is 12.6. The SMILES string of the molecule is CN(C)C1CCCCC1Oc1ccc(Cl)cc1C(=O)O. The maximum Gasteiger partial charge on any atom is 0.339 e. The highest BCUT2D eigenvalue weighted by molar-refractivity contribution is 6.31. The monoisotopic (exact) mass is 297 g/mol. The van der Waals surface area contributed by atoms with Gasteiger partial charge in [-0.1, -0.05) is 18.0 Å². The Bertz CT molecular complexity index is 490. The number of carboxylic acids is 1. The molecular formula is C15H20ClNO3. The van der Waals surface area contributed by atoms with E-state index in [2.05, 4.69) is 4.90 Å². The average Bonchev–Trinajstić information content (AvgIpc) is 2.41. The molecule has 0 amide bonds. The molecule has 0 bridgehead atoms. The van der Waals surface area contributed by atoms with Gasteiger partial charge in [-0.15, -0.1) is 0 Å². The molecule has 0 heterocycles. The largest absolute Gasteiger partial charge is 0.488 e. The first-order chi connectivity index (χ1) is 9.49.